The molecule has 3 rings (SSSR count). The molecule has 0 spiro atoms. The number of anilines is 1. The van der Waals surface area contributed by atoms with Crippen molar-refractivity contribution in [3.63, 3.8) is 0 Å². The van der Waals surface area contributed by atoms with Crippen LogP contribution in [0.2, 0.25) is 0 Å². The van der Waals surface area contributed by atoms with Crippen LogP contribution in [-0.4, -0.2) is 35.6 Å². The van der Waals surface area contributed by atoms with E-state index in [1.54, 1.807) is 7.11 Å². The van der Waals surface area contributed by atoms with E-state index in [4.69, 9.17) is 4.74 Å². The second-order valence-electron chi connectivity index (χ2n) is 5.73. The van der Waals surface area contributed by atoms with Crippen molar-refractivity contribution in [2.45, 2.75) is 6.42 Å². The van der Waals surface area contributed by atoms with Gasteiger partial charge in [-0.25, -0.2) is 0 Å². The molecular formula is C19H19N3O4. The molecule has 0 unspecified atom stereocenters. The highest BCUT2D eigenvalue weighted by molar-refractivity contribution is 6.39. The molecule has 0 bridgehead atoms. The lowest BCUT2D eigenvalue weighted by molar-refractivity contribution is -0.136. The van der Waals surface area contributed by atoms with E-state index < -0.39 is 11.8 Å². The van der Waals surface area contributed by atoms with E-state index in [0.29, 0.717) is 18.7 Å². The Balaban J connectivity index is 1.55. The molecule has 0 atom stereocenters. The number of rotatable bonds is 5. The van der Waals surface area contributed by atoms with Crippen molar-refractivity contribution in [1.29, 1.82) is 0 Å². The monoisotopic (exact) mass is 353 g/mol. The number of carbonyl (C=O) groups excluding carboxylic acids is 2. The van der Waals surface area contributed by atoms with E-state index in [1.165, 1.54) is 24.3 Å². The number of carbonyl (C=O) groups is 2. The number of hydrogen-bond donors (Lipinski definition) is 4. The van der Waals surface area contributed by atoms with Crippen molar-refractivity contribution in [2.24, 2.45) is 0 Å². The molecule has 26 heavy (non-hydrogen) atoms. The van der Waals surface area contributed by atoms with Gasteiger partial charge in [-0.05, 0) is 54.4 Å². The van der Waals surface area contributed by atoms with Crippen LogP contribution in [0, 0.1) is 0 Å². The van der Waals surface area contributed by atoms with Crippen LogP contribution in [0.4, 0.5) is 5.69 Å². The van der Waals surface area contributed by atoms with E-state index in [2.05, 4.69) is 15.6 Å². The van der Waals surface area contributed by atoms with Gasteiger partial charge in [0.15, 0.2) is 0 Å². The van der Waals surface area contributed by atoms with Crippen LogP contribution >= 0.6 is 0 Å². The molecule has 0 aliphatic carbocycles. The van der Waals surface area contributed by atoms with Crippen molar-refractivity contribution in [1.82, 2.24) is 10.3 Å². The number of phenols is 1. The van der Waals surface area contributed by atoms with Gasteiger partial charge in [0.25, 0.3) is 0 Å². The van der Waals surface area contributed by atoms with Crippen LogP contribution in [0.15, 0.2) is 48.7 Å². The molecule has 7 heteroatoms. The van der Waals surface area contributed by atoms with Gasteiger partial charge in [-0.15, -0.1) is 0 Å². The number of amides is 2. The minimum Gasteiger partial charge on any atom is -0.508 e. The molecule has 1 aromatic heterocycles. The minimum atomic E-state index is -0.753. The maximum atomic E-state index is 11.9. The molecule has 0 aliphatic rings. The summed E-state index contributed by atoms with van der Waals surface area (Å²) in [6.07, 6.45) is 2.46. The van der Waals surface area contributed by atoms with E-state index in [-0.39, 0.29) is 5.75 Å². The zero-order valence-corrected chi connectivity index (χ0v) is 14.2. The molecule has 0 radical (unpaired) electrons. The molecule has 2 amide bonds. The first-order valence-corrected chi connectivity index (χ1v) is 8.09. The molecule has 3 aromatic rings. The maximum Gasteiger partial charge on any atom is 0.313 e. The first kappa shape index (κ1) is 17.3. The minimum absolute atomic E-state index is 0.0859. The maximum absolute atomic E-state index is 11.9. The summed E-state index contributed by atoms with van der Waals surface area (Å²) in [4.78, 5) is 27.0. The van der Waals surface area contributed by atoms with Gasteiger partial charge >= 0.3 is 11.8 Å². The van der Waals surface area contributed by atoms with E-state index >= 15 is 0 Å². The first-order chi connectivity index (χ1) is 12.6. The quantitative estimate of drug-likeness (QED) is 0.417. The molecular weight excluding hydrogens is 334 g/mol. The lowest BCUT2D eigenvalue weighted by Crippen LogP contribution is -2.36. The predicted octanol–water partition coefficient (Wildman–Crippen LogP) is 2.18. The smallest absolute Gasteiger partial charge is 0.313 e. The van der Waals surface area contributed by atoms with Gasteiger partial charge in [0.2, 0.25) is 0 Å². The number of ether oxygens (including phenoxy) is 1. The Morgan fingerprint density at radius 2 is 1.88 bits per heavy atom. The molecule has 1 heterocycles. The second-order valence-corrected chi connectivity index (χ2v) is 5.73. The van der Waals surface area contributed by atoms with Crippen molar-refractivity contribution < 1.29 is 19.4 Å². The fourth-order valence-electron chi connectivity index (χ4n) is 2.61. The molecule has 2 aromatic carbocycles. The van der Waals surface area contributed by atoms with Crippen molar-refractivity contribution >= 4 is 28.4 Å². The van der Waals surface area contributed by atoms with Crippen molar-refractivity contribution in [2.75, 3.05) is 19.0 Å². The third-order valence-corrected chi connectivity index (χ3v) is 3.99. The molecule has 0 saturated heterocycles. The van der Waals surface area contributed by atoms with Gasteiger partial charge in [-0.1, -0.05) is 0 Å². The zero-order valence-electron chi connectivity index (χ0n) is 14.2. The Morgan fingerprint density at radius 3 is 2.62 bits per heavy atom. The third kappa shape index (κ3) is 3.94. The van der Waals surface area contributed by atoms with E-state index in [0.717, 1.165) is 22.2 Å². The number of nitrogens with one attached hydrogen (secondary N) is 3. The fraction of sp³-hybridized carbons (Fsp3) is 0.158. The van der Waals surface area contributed by atoms with E-state index in [1.807, 2.05) is 24.4 Å². The van der Waals surface area contributed by atoms with Gasteiger partial charge < -0.3 is 25.5 Å². The average Bonchev–Trinajstić information content (AvgIpc) is 3.05. The highest BCUT2D eigenvalue weighted by Gasteiger charge is 2.13. The summed E-state index contributed by atoms with van der Waals surface area (Å²) in [6, 6.07) is 11.6. The molecule has 4 N–H and O–H groups in total. The third-order valence-electron chi connectivity index (χ3n) is 3.99. The van der Waals surface area contributed by atoms with Crippen LogP contribution in [0.1, 0.15) is 5.56 Å². The fourth-order valence-corrected chi connectivity index (χ4v) is 2.61. The van der Waals surface area contributed by atoms with Crippen molar-refractivity contribution in [3.8, 4) is 11.5 Å². The van der Waals surface area contributed by atoms with Crippen LogP contribution < -0.4 is 15.4 Å². The topological polar surface area (TPSA) is 103 Å². The summed E-state index contributed by atoms with van der Waals surface area (Å²) in [6.45, 7) is 0.325. The summed E-state index contributed by atoms with van der Waals surface area (Å²) in [5.41, 5.74) is 2.45. The number of phenolic OH excluding ortho intramolecular Hbond substituents is 1. The summed E-state index contributed by atoms with van der Waals surface area (Å²) < 4.78 is 5.23. The van der Waals surface area contributed by atoms with Gasteiger partial charge in [0, 0.05) is 29.3 Å². The zero-order chi connectivity index (χ0) is 18.5. The normalized spacial score (nSPS) is 10.5. The summed E-state index contributed by atoms with van der Waals surface area (Å²) in [7, 11) is 1.61. The number of aromatic amines is 1. The van der Waals surface area contributed by atoms with Crippen LogP contribution in [0.3, 0.4) is 0 Å². The molecule has 7 nitrogen and oxygen atoms in total. The predicted molar refractivity (Wildman–Crippen MR) is 98.3 cm³/mol. The van der Waals surface area contributed by atoms with Crippen molar-refractivity contribution in [3.05, 3.63) is 54.2 Å². The highest BCUT2D eigenvalue weighted by Crippen LogP contribution is 2.23. The molecule has 0 saturated carbocycles. The number of methoxy groups -OCH3 is 1. The van der Waals surface area contributed by atoms with Gasteiger partial charge in [-0.2, -0.15) is 0 Å². The lowest BCUT2D eigenvalue weighted by atomic mass is 10.1. The number of aromatic hydroxyl groups is 1. The summed E-state index contributed by atoms with van der Waals surface area (Å²) in [5, 5.41) is 15.3. The number of fused-ring (bicyclic) bond motifs is 1. The first-order valence-electron chi connectivity index (χ1n) is 8.09. The Morgan fingerprint density at radius 1 is 1.12 bits per heavy atom. The Hall–Kier alpha value is -3.48. The lowest BCUT2D eigenvalue weighted by Gasteiger charge is -2.07. The van der Waals surface area contributed by atoms with Gasteiger partial charge in [0.1, 0.15) is 11.5 Å². The molecule has 134 valence electrons. The second kappa shape index (κ2) is 7.60. The molecule has 0 fully saturated rings. The van der Waals surface area contributed by atoms with Gasteiger partial charge in [-0.3, -0.25) is 9.59 Å². The van der Waals surface area contributed by atoms with Crippen LogP contribution in [0.5, 0.6) is 11.5 Å². The standard InChI is InChI=1S/C19H19N3O4/c1-26-15-6-7-17-16(10-15)12(11-21-17)8-9-20-18(24)19(25)22-13-2-4-14(23)5-3-13/h2-7,10-11,21,23H,8-9H2,1H3,(H,20,24)(H,22,25). The highest BCUT2D eigenvalue weighted by atomic mass is 16.5. The Labute approximate surface area is 150 Å². The molecule has 0 aliphatic heterocycles. The Kier molecular flexibility index (Phi) is 5.07. The average molecular weight is 353 g/mol. The SMILES string of the molecule is COc1ccc2[nH]cc(CCNC(=O)C(=O)Nc3ccc(O)cc3)c2c1. The number of aromatic nitrogens is 1. The summed E-state index contributed by atoms with van der Waals surface area (Å²) >= 11 is 0. The number of H-pyrrole nitrogens is 1. The summed E-state index contributed by atoms with van der Waals surface area (Å²) in [5.74, 6) is -0.620. The van der Waals surface area contributed by atoms with Crippen LogP contribution in [-0.2, 0) is 16.0 Å². The number of hydrogen-bond acceptors (Lipinski definition) is 4. The largest absolute Gasteiger partial charge is 0.508 e. The number of benzene rings is 2. The van der Waals surface area contributed by atoms with Crippen LogP contribution in [0.25, 0.3) is 10.9 Å². The van der Waals surface area contributed by atoms with E-state index in [9.17, 15) is 14.7 Å². The Bertz CT molecular complexity index is 932. The van der Waals surface area contributed by atoms with Gasteiger partial charge in [0.05, 0.1) is 7.11 Å².